The molecular weight excluding hydrogens is 543 g/mol. The molecule has 2 nitrogen and oxygen atoms in total. The van der Waals surface area contributed by atoms with E-state index in [1.54, 1.807) is 0 Å². The van der Waals surface area contributed by atoms with Gasteiger partial charge >= 0.3 is 0 Å². The van der Waals surface area contributed by atoms with Gasteiger partial charge in [-0.15, -0.1) is 11.3 Å². The molecule has 0 saturated heterocycles. The molecule has 0 spiro atoms. The van der Waals surface area contributed by atoms with E-state index in [2.05, 4.69) is 157 Å². The number of anilines is 3. The SMILES string of the molecule is c1ccc(N(c2ccccc2)c2cccc3oc4c5ccccc5c(-c5ccc6sc7ccccc7c6c5)cc4c23)cc1. The average Bonchev–Trinajstić information content (AvgIpc) is 3.64. The molecule has 9 aromatic rings. The summed E-state index contributed by atoms with van der Waals surface area (Å²) >= 11 is 1.86. The number of para-hydroxylation sites is 2. The quantitative estimate of drug-likeness (QED) is 0.210. The van der Waals surface area contributed by atoms with Gasteiger partial charge in [-0.1, -0.05) is 91.0 Å². The number of thiophene rings is 1. The van der Waals surface area contributed by atoms with Gasteiger partial charge in [-0.25, -0.2) is 0 Å². The van der Waals surface area contributed by atoms with Gasteiger partial charge in [0.25, 0.3) is 0 Å². The van der Waals surface area contributed by atoms with Crippen molar-refractivity contribution in [2.75, 3.05) is 4.90 Å². The van der Waals surface area contributed by atoms with Crippen molar-refractivity contribution in [2.45, 2.75) is 0 Å². The molecule has 43 heavy (non-hydrogen) atoms. The van der Waals surface area contributed by atoms with Crippen LogP contribution in [0.25, 0.3) is 64.0 Å². The molecule has 0 atom stereocenters. The second kappa shape index (κ2) is 9.59. The second-order valence-electron chi connectivity index (χ2n) is 10.9. The van der Waals surface area contributed by atoms with E-state index in [-0.39, 0.29) is 0 Å². The Bertz CT molecular complexity index is 2420. The van der Waals surface area contributed by atoms with Crippen LogP contribution in [-0.2, 0) is 0 Å². The van der Waals surface area contributed by atoms with Crippen molar-refractivity contribution in [2.24, 2.45) is 0 Å². The lowest BCUT2D eigenvalue weighted by atomic mass is 9.94. The van der Waals surface area contributed by atoms with Crippen LogP contribution in [0.2, 0.25) is 0 Å². The van der Waals surface area contributed by atoms with Crippen LogP contribution in [0.1, 0.15) is 0 Å². The molecule has 3 heteroatoms. The summed E-state index contributed by atoms with van der Waals surface area (Å²) < 4.78 is 9.34. The van der Waals surface area contributed by atoms with Gasteiger partial charge in [0, 0.05) is 42.3 Å². The van der Waals surface area contributed by atoms with Crippen LogP contribution in [0.3, 0.4) is 0 Å². The number of nitrogens with zero attached hydrogens (tertiary/aromatic N) is 1. The van der Waals surface area contributed by atoms with Crippen molar-refractivity contribution < 1.29 is 4.42 Å². The first-order valence-corrected chi connectivity index (χ1v) is 15.3. The third kappa shape index (κ3) is 3.79. The van der Waals surface area contributed by atoms with Crippen LogP contribution in [0.5, 0.6) is 0 Å². The number of hydrogen-bond acceptors (Lipinski definition) is 3. The predicted octanol–water partition coefficient (Wildman–Crippen LogP) is 12.2. The third-order valence-electron chi connectivity index (χ3n) is 8.44. The summed E-state index contributed by atoms with van der Waals surface area (Å²) in [6.07, 6.45) is 0. The van der Waals surface area contributed by atoms with Crippen LogP contribution < -0.4 is 4.90 Å². The Morgan fingerprint density at radius 2 is 1.12 bits per heavy atom. The van der Waals surface area contributed by atoms with E-state index in [0.29, 0.717) is 0 Å². The predicted molar refractivity (Wildman–Crippen MR) is 184 cm³/mol. The zero-order chi connectivity index (χ0) is 28.3. The zero-order valence-electron chi connectivity index (χ0n) is 23.2. The zero-order valence-corrected chi connectivity index (χ0v) is 24.0. The molecule has 0 unspecified atom stereocenters. The average molecular weight is 568 g/mol. The molecule has 7 aromatic carbocycles. The highest BCUT2D eigenvalue weighted by Crippen LogP contribution is 2.46. The minimum absolute atomic E-state index is 0.881. The van der Waals surface area contributed by atoms with Crippen molar-refractivity contribution >= 4 is 81.3 Å². The highest BCUT2D eigenvalue weighted by molar-refractivity contribution is 7.25. The summed E-state index contributed by atoms with van der Waals surface area (Å²) in [7, 11) is 0. The molecule has 9 rings (SSSR count). The number of benzene rings is 7. The highest BCUT2D eigenvalue weighted by atomic mass is 32.1. The van der Waals surface area contributed by atoms with Gasteiger partial charge in [-0.05, 0) is 77.2 Å². The Labute approximate surface area is 252 Å². The van der Waals surface area contributed by atoms with Gasteiger partial charge in [-0.3, -0.25) is 0 Å². The standard InChI is InChI=1S/C40H25NOS/c1-3-12-27(13-4-1)41(28-14-5-2-6-15-28)35-19-11-20-36-39(35)34-25-32(29-16-7-8-18-31(29)40(34)42-36)26-22-23-38-33(24-26)30-17-9-10-21-37(30)43-38/h1-25H. The number of furan rings is 1. The topological polar surface area (TPSA) is 16.4 Å². The monoisotopic (exact) mass is 567 g/mol. The van der Waals surface area contributed by atoms with E-state index < -0.39 is 0 Å². The molecule has 0 radical (unpaired) electrons. The summed E-state index contributed by atoms with van der Waals surface area (Å²) in [5.74, 6) is 0. The van der Waals surface area contributed by atoms with Gasteiger partial charge in [0.1, 0.15) is 11.2 Å². The summed E-state index contributed by atoms with van der Waals surface area (Å²) in [5, 5.41) is 7.16. The van der Waals surface area contributed by atoms with Gasteiger partial charge < -0.3 is 9.32 Å². The van der Waals surface area contributed by atoms with Crippen LogP contribution in [-0.4, -0.2) is 0 Å². The largest absolute Gasteiger partial charge is 0.455 e. The Hall–Kier alpha value is -5.38. The number of hydrogen-bond donors (Lipinski definition) is 0. The Balaban J connectivity index is 1.36. The van der Waals surface area contributed by atoms with Crippen LogP contribution in [0, 0.1) is 0 Å². The molecular formula is C40H25NOS. The van der Waals surface area contributed by atoms with Crippen molar-refractivity contribution in [3.05, 3.63) is 152 Å². The van der Waals surface area contributed by atoms with E-state index in [1.807, 2.05) is 11.3 Å². The Kier molecular flexibility index (Phi) is 5.40. The van der Waals surface area contributed by atoms with E-state index in [1.165, 1.54) is 36.7 Å². The minimum Gasteiger partial charge on any atom is -0.455 e. The van der Waals surface area contributed by atoms with Crippen LogP contribution >= 0.6 is 11.3 Å². The molecule has 202 valence electrons. The van der Waals surface area contributed by atoms with Crippen LogP contribution in [0.15, 0.2) is 156 Å². The molecule has 0 N–H and O–H groups in total. The first-order valence-electron chi connectivity index (χ1n) is 14.5. The van der Waals surface area contributed by atoms with Crippen molar-refractivity contribution in [3.8, 4) is 11.1 Å². The first-order chi connectivity index (χ1) is 21.3. The molecule has 0 aliphatic carbocycles. The van der Waals surface area contributed by atoms with Gasteiger partial charge in [0.15, 0.2) is 0 Å². The number of fused-ring (bicyclic) bond motifs is 8. The maximum atomic E-state index is 6.71. The van der Waals surface area contributed by atoms with Gasteiger partial charge in [-0.2, -0.15) is 0 Å². The number of rotatable bonds is 4. The van der Waals surface area contributed by atoms with E-state index in [9.17, 15) is 0 Å². The summed E-state index contributed by atoms with van der Waals surface area (Å²) in [6.45, 7) is 0. The summed E-state index contributed by atoms with van der Waals surface area (Å²) in [4.78, 5) is 2.33. The molecule has 0 aliphatic heterocycles. The minimum atomic E-state index is 0.881. The van der Waals surface area contributed by atoms with Crippen molar-refractivity contribution in [3.63, 3.8) is 0 Å². The lowest BCUT2D eigenvalue weighted by molar-refractivity contribution is 0.672. The van der Waals surface area contributed by atoms with E-state index in [0.717, 1.165) is 44.4 Å². The maximum Gasteiger partial charge on any atom is 0.143 e. The van der Waals surface area contributed by atoms with Crippen LogP contribution in [0.4, 0.5) is 17.1 Å². The van der Waals surface area contributed by atoms with E-state index >= 15 is 0 Å². The molecule has 0 saturated carbocycles. The lowest BCUT2D eigenvalue weighted by Gasteiger charge is -2.26. The molecule has 0 aliphatic rings. The molecule has 0 amide bonds. The van der Waals surface area contributed by atoms with Crippen molar-refractivity contribution in [1.82, 2.24) is 0 Å². The summed E-state index contributed by atoms with van der Waals surface area (Å²) in [6, 6.07) is 54.1. The fraction of sp³-hybridized carbons (Fsp3) is 0. The molecule has 2 heterocycles. The lowest BCUT2D eigenvalue weighted by Crippen LogP contribution is -2.09. The normalized spacial score (nSPS) is 11.7. The molecule has 2 aromatic heterocycles. The smallest absolute Gasteiger partial charge is 0.143 e. The first kappa shape index (κ1) is 24.2. The molecule has 0 fully saturated rings. The fourth-order valence-electron chi connectivity index (χ4n) is 6.53. The maximum absolute atomic E-state index is 6.71. The Morgan fingerprint density at radius 1 is 0.465 bits per heavy atom. The Morgan fingerprint density at radius 3 is 1.88 bits per heavy atom. The van der Waals surface area contributed by atoms with Crippen molar-refractivity contribution in [1.29, 1.82) is 0 Å². The fourth-order valence-corrected chi connectivity index (χ4v) is 7.62. The summed E-state index contributed by atoms with van der Waals surface area (Å²) in [5.41, 5.74) is 7.52. The van der Waals surface area contributed by atoms with E-state index in [4.69, 9.17) is 4.42 Å². The third-order valence-corrected chi connectivity index (χ3v) is 9.59. The van der Waals surface area contributed by atoms with Gasteiger partial charge in [0.05, 0.1) is 11.1 Å². The van der Waals surface area contributed by atoms with Gasteiger partial charge in [0.2, 0.25) is 0 Å². The highest BCUT2D eigenvalue weighted by Gasteiger charge is 2.21. The molecule has 0 bridgehead atoms. The second-order valence-corrected chi connectivity index (χ2v) is 12.0.